The summed E-state index contributed by atoms with van der Waals surface area (Å²) in [5.41, 5.74) is 0. The fourth-order valence-corrected chi connectivity index (χ4v) is 3.11. The molecule has 1 saturated heterocycles. The van der Waals surface area contributed by atoms with Gasteiger partial charge in [-0.25, -0.2) is 0 Å². The highest BCUT2D eigenvalue weighted by molar-refractivity contribution is 7.99. The predicted octanol–water partition coefficient (Wildman–Crippen LogP) is 2.09. The van der Waals surface area contributed by atoms with Gasteiger partial charge in [0.15, 0.2) is 0 Å². The van der Waals surface area contributed by atoms with Crippen LogP contribution in [-0.4, -0.2) is 46.5 Å². The molecule has 5 heteroatoms. The minimum Gasteiger partial charge on any atom is -0.481 e. The van der Waals surface area contributed by atoms with Crippen LogP contribution in [0.1, 0.15) is 33.1 Å². The largest absolute Gasteiger partial charge is 0.481 e. The topological polar surface area (TPSA) is 57.6 Å². The van der Waals surface area contributed by atoms with E-state index in [1.165, 1.54) is 0 Å². The molecule has 0 unspecified atom stereocenters. The number of piperidine rings is 1. The lowest BCUT2D eigenvalue weighted by molar-refractivity contribution is -0.145. The first kappa shape index (κ1) is 15.3. The summed E-state index contributed by atoms with van der Waals surface area (Å²) in [5, 5.41) is 8.97. The number of carbonyl (C=O) groups excluding carboxylic acids is 1. The number of amides is 1. The first-order valence-electron chi connectivity index (χ1n) is 6.59. The third-order valence-electron chi connectivity index (χ3n) is 3.19. The molecule has 0 aromatic heterocycles. The highest BCUT2D eigenvalue weighted by atomic mass is 32.2. The van der Waals surface area contributed by atoms with Crippen LogP contribution in [0.4, 0.5) is 0 Å². The Bertz CT molecular complexity index is 294. The Hall–Kier alpha value is -0.710. The molecule has 1 atom stereocenters. The molecule has 0 saturated carbocycles. The molecule has 0 radical (unpaired) electrons. The SMILES string of the molecule is CC(C)CCSCC(=O)N1CCC[C@H](C(=O)O)C1. The van der Waals surface area contributed by atoms with Crippen LogP contribution in [0.25, 0.3) is 0 Å². The van der Waals surface area contributed by atoms with E-state index in [1.807, 2.05) is 0 Å². The van der Waals surface area contributed by atoms with Crippen molar-refractivity contribution >= 4 is 23.6 Å². The molecular weight excluding hydrogens is 250 g/mol. The van der Waals surface area contributed by atoms with E-state index >= 15 is 0 Å². The summed E-state index contributed by atoms with van der Waals surface area (Å²) in [5.74, 6) is 1.09. The van der Waals surface area contributed by atoms with Gasteiger partial charge in [0.2, 0.25) is 5.91 Å². The monoisotopic (exact) mass is 273 g/mol. The van der Waals surface area contributed by atoms with Crippen LogP contribution in [0.2, 0.25) is 0 Å². The van der Waals surface area contributed by atoms with Gasteiger partial charge in [-0.1, -0.05) is 13.8 Å². The van der Waals surface area contributed by atoms with Crippen LogP contribution in [-0.2, 0) is 9.59 Å². The molecule has 1 heterocycles. The Labute approximate surface area is 113 Å². The average molecular weight is 273 g/mol. The maximum atomic E-state index is 11.9. The van der Waals surface area contributed by atoms with E-state index in [0.29, 0.717) is 31.2 Å². The summed E-state index contributed by atoms with van der Waals surface area (Å²) in [6.45, 7) is 5.45. The molecule has 1 amide bonds. The molecule has 4 nitrogen and oxygen atoms in total. The first-order valence-corrected chi connectivity index (χ1v) is 7.74. The maximum Gasteiger partial charge on any atom is 0.308 e. The van der Waals surface area contributed by atoms with Gasteiger partial charge in [-0.3, -0.25) is 9.59 Å². The van der Waals surface area contributed by atoms with Crippen LogP contribution >= 0.6 is 11.8 Å². The van der Waals surface area contributed by atoms with E-state index in [2.05, 4.69) is 13.8 Å². The molecule has 1 aliphatic heterocycles. The highest BCUT2D eigenvalue weighted by Crippen LogP contribution is 2.18. The lowest BCUT2D eigenvalue weighted by atomic mass is 9.98. The number of carboxylic acids is 1. The number of likely N-dealkylation sites (tertiary alicyclic amines) is 1. The van der Waals surface area contributed by atoms with Crippen molar-refractivity contribution in [2.24, 2.45) is 11.8 Å². The fourth-order valence-electron chi connectivity index (χ4n) is 1.98. The highest BCUT2D eigenvalue weighted by Gasteiger charge is 2.27. The minimum absolute atomic E-state index is 0.0923. The third-order valence-corrected chi connectivity index (χ3v) is 4.16. The number of aliphatic carboxylic acids is 1. The van der Waals surface area contributed by atoms with Crippen LogP contribution in [0.15, 0.2) is 0 Å². The number of rotatable bonds is 6. The van der Waals surface area contributed by atoms with Crippen molar-refractivity contribution in [3.8, 4) is 0 Å². The maximum absolute atomic E-state index is 11.9. The molecular formula is C13H23NO3S. The lowest BCUT2D eigenvalue weighted by Crippen LogP contribution is -2.43. The Morgan fingerprint density at radius 3 is 2.78 bits per heavy atom. The van der Waals surface area contributed by atoms with Crippen molar-refractivity contribution in [3.63, 3.8) is 0 Å². The average Bonchev–Trinajstić information content (AvgIpc) is 2.34. The van der Waals surface area contributed by atoms with Crippen molar-refractivity contribution in [3.05, 3.63) is 0 Å². The van der Waals surface area contributed by atoms with Crippen LogP contribution < -0.4 is 0 Å². The number of nitrogens with zero attached hydrogens (tertiary/aromatic N) is 1. The molecule has 0 spiro atoms. The van der Waals surface area contributed by atoms with E-state index in [4.69, 9.17) is 5.11 Å². The zero-order valence-corrected chi connectivity index (χ0v) is 12.0. The normalized spacial score (nSPS) is 20.2. The van der Waals surface area contributed by atoms with Crippen molar-refractivity contribution in [2.75, 3.05) is 24.6 Å². The molecule has 0 bridgehead atoms. The van der Waals surface area contributed by atoms with Gasteiger partial charge in [0, 0.05) is 13.1 Å². The summed E-state index contributed by atoms with van der Waals surface area (Å²) >= 11 is 1.65. The van der Waals surface area contributed by atoms with Crippen molar-refractivity contribution in [1.82, 2.24) is 4.90 Å². The number of carbonyl (C=O) groups is 2. The van der Waals surface area contributed by atoms with Gasteiger partial charge in [-0.2, -0.15) is 11.8 Å². The fraction of sp³-hybridized carbons (Fsp3) is 0.846. The Kier molecular flexibility index (Phi) is 6.54. The minimum atomic E-state index is -0.778. The lowest BCUT2D eigenvalue weighted by Gasteiger charge is -2.30. The summed E-state index contributed by atoms with van der Waals surface area (Å²) in [7, 11) is 0. The zero-order chi connectivity index (χ0) is 13.5. The molecule has 1 fully saturated rings. The van der Waals surface area contributed by atoms with Gasteiger partial charge in [-0.05, 0) is 30.9 Å². The van der Waals surface area contributed by atoms with Gasteiger partial charge in [0.1, 0.15) is 0 Å². The third kappa shape index (κ3) is 5.29. The number of hydrogen-bond donors (Lipinski definition) is 1. The second kappa shape index (κ2) is 7.67. The van der Waals surface area contributed by atoms with Crippen LogP contribution in [0, 0.1) is 11.8 Å². The molecule has 1 rings (SSSR count). The summed E-state index contributed by atoms with van der Waals surface area (Å²) in [4.78, 5) is 24.6. The van der Waals surface area contributed by atoms with Gasteiger partial charge < -0.3 is 10.0 Å². The Balaban J connectivity index is 2.26. The van der Waals surface area contributed by atoms with Gasteiger partial charge >= 0.3 is 5.97 Å². The van der Waals surface area contributed by atoms with E-state index < -0.39 is 5.97 Å². The van der Waals surface area contributed by atoms with E-state index in [-0.39, 0.29) is 11.8 Å². The summed E-state index contributed by atoms with van der Waals surface area (Å²) < 4.78 is 0. The van der Waals surface area contributed by atoms with E-state index in [9.17, 15) is 9.59 Å². The Morgan fingerprint density at radius 1 is 1.44 bits per heavy atom. The van der Waals surface area contributed by atoms with Crippen molar-refractivity contribution < 1.29 is 14.7 Å². The smallest absolute Gasteiger partial charge is 0.308 e. The molecule has 0 aromatic rings. The number of hydrogen-bond acceptors (Lipinski definition) is 3. The molecule has 1 aliphatic rings. The first-order chi connectivity index (χ1) is 8.50. The molecule has 0 aliphatic carbocycles. The van der Waals surface area contributed by atoms with Crippen LogP contribution in [0.3, 0.4) is 0 Å². The van der Waals surface area contributed by atoms with Crippen molar-refractivity contribution in [1.29, 1.82) is 0 Å². The predicted molar refractivity (Wildman–Crippen MR) is 73.7 cm³/mol. The van der Waals surface area contributed by atoms with Gasteiger partial charge in [-0.15, -0.1) is 0 Å². The van der Waals surface area contributed by atoms with Crippen molar-refractivity contribution in [2.45, 2.75) is 33.1 Å². The van der Waals surface area contributed by atoms with E-state index in [0.717, 1.165) is 18.6 Å². The zero-order valence-electron chi connectivity index (χ0n) is 11.2. The number of carboxylic acid groups (broad SMARTS) is 1. The molecule has 104 valence electrons. The standard InChI is InChI=1S/C13H23NO3S/c1-10(2)5-7-18-9-12(15)14-6-3-4-11(8-14)13(16)17/h10-11H,3-9H2,1-2H3,(H,16,17)/t11-/m0/s1. The molecule has 1 N–H and O–H groups in total. The van der Waals surface area contributed by atoms with Crippen LogP contribution in [0.5, 0.6) is 0 Å². The van der Waals surface area contributed by atoms with Gasteiger partial charge in [0.05, 0.1) is 11.7 Å². The Morgan fingerprint density at radius 2 is 2.17 bits per heavy atom. The number of thioether (sulfide) groups is 1. The quantitative estimate of drug-likeness (QED) is 0.753. The summed E-state index contributed by atoms with van der Waals surface area (Å²) in [6.07, 6.45) is 2.62. The molecule has 0 aromatic carbocycles. The summed E-state index contributed by atoms with van der Waals surface area (Å²) in [6, 6.07) is 0. The second-order valence-corrected chi connectivity index (χ2v) is 6.36. The van der Waals surface area contributed by atoms with Gasteiger partial charge in [0.25, 0.3) is 0 Å². The van der Waals surface area contributed by atoms with E-state index in [1.54, 1.807) is 16.7 Å². The molecule has 18 heavy (non-hydrogen) atoms. The second-order valence-electron chi connectivity index (χ2n) is 5.25.